The van der Waals surface area contributed by atoms with E-state index in [1.165, 1.54) is 57.8 Å². The van der Waals surface area contributed by atoms with E-state index in [1.807, 2.05) is 0 Å². The van der Waals surface area contributed by atoms with Crippen molar-refractivity contribution in [2.45, 2.75) is 83.7 Å². The van der Waals surface area contributed by atoms with E-state index in [0.29, 0.717) is 6.61 Å². The number of unbranched alkanes of at least 4 members (excludes halogenated alkanes) is 9. The van der Waals surface area contributed by atoms with E-state index in [4.69, 9.17) is 9.47 Å². The van der Waals surface area contributed by atoms with Gasteiger partial charge in [-0.2, -0.15) is 0 Å². The van der Waals surface area contributed by atoms with Crippen LogP contribution in [0.5, 0.6) is 0 Å². The largest absolute Gasteiger partial charge is 0.508 e. The molecule has 0 radical (unpaired) electrons. The van der Waals surface area contributed by atoms with Crippen LogP contribution < -0.4 is 0 Å². The third-order valence-electron chi connectivity index (χ3n) is 3.53. The Morgan fingerprint density at radius 2 is 1.50 bits per heavy atom. The van der Waals surface area contributed by atoms with Crippen LogP contribution in [0.1, 0.15) is 77.6 Å². The highest BCUT2D eigenvalue weighted by Crippen LogP contribution is 2.15. The number of ether oxygens (including phenoxy) is 2. The van der Waals surface area contributed by atoms with Crippen molar-refractivity contribution in [1.29, 1.82) is 0 Å². The van der Waals surface area contributed by atoms with E-state index < -0.39 is 6.16 Å². The Bertz CT molecular complexity index is 216. The van der Waals surface area contributed by atoms with Crippen LogP contribution in [0.3, 0.4) is 0 Å². The summed E-state index contributed by atoms with van der Waals surface area (Å²) >= 11 is 0. The van der Waals surface area contributed by atoms with Gasteiger partial charge < -0.3 is 9.47 Å². The SMILES string of the molecule is CCCCCCCCCCCCC1COC(=O)O1. The van der Waals surface area contributed by atoms with Crippen LogP contribution in [-0.4, -0.2) is 18.9 Å². The van der Waals surface area contributed by atoms with E-state index in [1.54, 1.807) is 0 Å². The Kier molecular flexibility index (Phi) is 8.70. The zero-order valence-corrected chi connectivity index (χ0v) is 11.8. The lowest BCUT2D eigenvalue weighted by atomic mass is 10.0. The molecule has 0 spiro atoms. The summed E-state index contributed by atoms with van der Waals surface area (Å²) in [6.45, 7) is 2.71. The number of carbonyl (C=O) groups is 1. The molecule has 1 heterocycles. The fourth-order valence-corrected chi connectivity index (χ4v) is 2.37. The Hall–Kier alpha value is -0.730. The monoisotopic (exact) mass is 256 g/mol. The first-order valence-corrected chi connectivity index (χ1v) is 7.66. The molecule has 0 amide bonds. The second kappa shape index (κ2) is 10.2. The number of cyclic esters (lactones) is 2. The molecular weight excluding hydrogens is 228 g/mol. The molecule has 0 aromatic carbocycles. The highest BCUT2D eigenvalue weighted by Gasteiger charge is 2.23. The van der Waals surface area contributed by atoms with Gasteiger partial charge in [-0.3, -0.25) is 0 Å². The third kappa shape index (κ3) is 7.57. The van der Waals surface area contributed by atoms with Gasteiger partial charge in [-0.25, -0.2) is 4.79 Å². The summed E-state index contributed by atoms with van der Waals surface area (Å²) in [4.78, 5) is 10.7. The molecule has 1 aliphatic heterocycles. The van der Waals surface area contributed by atoms with E-state index >= 15 is 0 Å². The molecule has 0 aromatic heterocycles. The van der Waals surface area contributed by atoms with Crippen LogP contribution >= 0.6 is 0 Å². The van der Waals surface area contributed by atoms with Gasteiger partial charge in [0.2, 0.25) is 0 Å². The lowest BCUT2D eigenvalue weighted by molar-refractivity contribution is 0.115. The maximum absolute atomic E-state index is 10.7. The molecule has 0 aliphatic carbocycles. The highest BCUT2D eigenvalue weighted by molar-refractivity contribution is 5.61. The number of carbonyl (C=O) groups excluding carboxylic acids is 1. The molecule has 0 aromatic rings. The predicted molar refractivity (Wildman–Crippen MR) is 72.7 cm³/mol. The first kappa shape index (κ1) is 15.3. The van der Waals surface area contributed by atoms with Crippen LogP contribution in [0.15, 0.2) is 0 Å². The summed E-state index contributed by atoms with van der Waals surface area (Å²) in [5, 5.41) is 0. The second-order valence-corrected chi connectivity index (χ2v) is 5.27. The minimum Gasteiger partial charge on any atom is -0.430 e. The van der Waals surface area contributed by atoms with Gasteiger partial charge in [-0.1, -0.05) is 64.7 Å². The van der Waals surface area contributed by atoms with E-state index in [-0.39, 0.29) is 6.10 Å². The van der Waals surface area contributed by atoms with Gasteiger partial charge in [0.15, 0.2) is 0 Å². The molecule has 0 N–H and O–H groups in total. The first-order chi connectivity index (χ1) is 8.83. The summed E-state index contributed by atoms with van der Waals surface area (Å²) in [6, 6.07) is 0. The molecule has 1 rings (SSSR count). The van der Waals surface area contributed by atoms with Crippen molar-refractivity contribution < 1.29 is 14.3 Å². The number of hydrogen-bond acceptors (Lipinski definition) is 3. The van der Waals surface area contributed by atoms with Crippen molar-refractivity contribution >= 4 is 6.16 Å². The molecule has 1 unspecified atom stereocenters. The molecule has 3 heteroatoms. The smallest absolute Gasteiger partial charge is 0.430 e. The van der Waals surface area contributed by atoms with Crippen LogP contribution in [-0.2, 0) is 9.47 Å². The molecule has 1 fully saturated rings. The van der Waals surface area contributed by atoms with E-state index in [0.717, 1.165) is 12.8 Å². The van der Waals surface area contributed by atoms with Gasteiger partial charge >= 0.3 is 6.16 Å². The van der Waals surface area contributed by atoms with Gasteiger partial charge in [-0.15, -0.1) is 0 Å². The minimum absolute atomic E-state index is 0.0199. The first-order valence-electron chi connectivity index (χ1n) is 7.66. The van der Waals surface area contributed by atoms with Crippen molar-refractivity contribution in [2.24, 2.45) is 0 Å². The normalized spacial score (nSPS) is 18.7. The van der Waals surface area contributed by atoms with E-state index in [2.05, 4.69) is 6.92 Å². The van der Waals surface area contributed by atoms with Crippen molar-refractivity contribution in [3.8, 4) is 0 Å². The minimum atomic E-state index is -0.493. The Labute approximate surface area is 111 Å². The molecule has 1 saturated heterocycles. The van der Waals surface area contributed by atoms with Crippen LogP contribution in [0, 0.1) is 0 Å². The summed E-state index contributed by atoms with van der Waals surface area (Å²) in [5.74, 6) is 0. The fraction of sp³-hybridized carbons (Fsp3) is 0.933. The molecular formula is C15H28O3. The molecule has 18 heavy (non-hydrogen) atoms. The standard InChI is InChI=1S/C15H28O3/c1-2-3-4-5-6-7-8-9-10-11-12-14-13-17-15(16)18-14/h14H,2-13H2,1H3. The summed E-state index contributed by atoms with van der Waals surface area (Å²) in [7, 11) is 0. The zero-order chi connectivity index (χ0) is 13.1. The van der Waals surface area contributed by atoms with Gasteiger partial charge in [-0.05, 0) is 12.8 Å². The third-order valence-corrected chi connectivity index (χ3v) is 3.53. The summed E-state index contributed by atoms with van der Waals surface area (Å²) in [5.41, 5.74) is 0. The summed E-state index contributed by atoms with van der Waals surface area (Å²) in [6.07, 6.45) is 13.9. The van der Waals surface area contributed by atoms with Crippen molar-refractivity contribution in [3.05, 3.63) is 0 Å². The van der Waals surface area contributed by atoms with Crippen molar-refractivity contribution in [2.75, 3.05) is 6.61 Å². The average molecular weight is 256 g/mol. The summed E-state index contributed by atoms with van der Waals surface area (Å²) < 4.78 is 9.73. The molecule has 0 saturated carbocycles. The average Bonchev–Trinajstić information content (AvgIpc) is 2.77. The molecule has 3 nitrogen and oxygen atoms in total. The van der Waals surface area contributed by atoms with Gasteiger partial charge in [0.05, 0.1) is 0 Å². The van der Waals surface area contributed by atoms with Crippen LogP contribution in [0.25, 0.3) is 0 Å². The second-order valence-electron chi connectivity index (χ2n) is 5.27. The highest BCUT2D eigenvalue weighted by atomic mass is 16.8. The van der Waals surface area contributed by atoms with Gasteiger partial charge in [0.25, 0.3) is 0 Å². The number of rotatable bonds is 11. The van der Waals surface area contributed by atoms with Crippen molar-refractivity contribution in [3.63, 3.8) is 0 Å². The van der Waals surface area contributed by atoms with Crippen LogP contribution in [0.2, 0.25) is 0 Å². The van der Waals surface area contributed by atoms with Crippen LogP contribution in [0.4, 0.5) is 4.79 Å². The lowest BCUT2D eigenvalue weighted by Crippen LogP contribution is -2.09. The lowest BCUT2D eigenvalue weighted by Gasteiger charge is -2.05. The Balaban J connectivity index is 1.75. The zero-order valence-electron chi connectivity index (χ0n) is 11.8. The molecule has 0 bridgehead atoms. The van der Waals surface area contributed by atoms with E-state index in [9.17, 15) is 4.79 Å². The fourth-order valence-electron chi connectivity index (χ4n) is 2.37. The van der Waals surface area contributed by atoms with Gasteiger partial charge in [0, 0.05) is 0 Å². The Morgan fingerprint density at radius 3 is 2.00 bits per heavy atom. The Morgan fingerprint density at radius 1 is 0.944 bits per heavy atom. The molecule has 1 atom stereocenters. The van der Waals surface area contributed by atoms with Gasteiger partial charge in [0.1, 0.15) is 12.7 Å². The molecule has 1 aliphatic rings. The van der Waals surface area contributed by atoms with Crippen molar-refractivity contribution in [1.82, 2.24) is 0 Å². The maximum atomic E-state index is 10.7. The quantitative estimate of drug-likeness (QED) is 0.392. The predicted octanol–water partition coefficient (Wildman–Crippen LogP) is 4.83. The molecule has 106 valence electrons. The number of hydrogen-bond donors (Lipinski definition) is 0. The maximum Gasteiger partial charge on any atom is 0.508 e. The topological polar surface area (TPSA) is 35.5 Å².